The average molecular weight is 554 g/mol. The maximum absolute atomic E-state index is 12.4. The number of hydrogen-bond donors (Lipinski definition) is 1. The highest BCUT2D eigenvalue weighted by Gasteiger charge is 2.25. The van der Waals surface area contributed by atoms with Crippen LogP contribution in [0.25, 0.3) is 0 Å². The number of benzene rings is 1. The minimum Gasteiger partial charge on any atom is -0.459 e. The summed E-state index contributed by atoms with van der Waals surface area (Å²) < 4.78 is 11.0. The molecule has 3 rings (SSSR count). The number of furan rings is 1. The fraction of sp³-hybridized carbons (Fsp3) is 0.500. The van der Waals surface area contributed by atoms with E-state index >= 15 is 0 Å². The molecule has 1 aromatic heterocycles. The third-order valence-electron chi connectivity index (χ3n) is 5.27. The van der Waals surface area contributed by atoms with Crippen molar-refractivity contribution in [3.63, 3.8) is 0 Å². The first-order valence-electron chi connectivity index (χ1n) is 11.3. The molecule has 32 heavy (non-hydrogen) atoms. The lowest BCUT2D eigenvalue weighted by atomic mass is 10.2. The lowest BCUT2D eigenvalue weighted by Crippen LogP contribution is -2.53. The molecule has 1 N–H and O–H groups in total. The number of guanidine groups is 1. The van der Waals surface area contributed by atoms with E-state index in [2.05, 4.69) is 41.4 Å². The number of hydrogen-bond acceptors (Lipinski definition) is 4. The molecule has 0 spiro atoms. The van der Waals surface area contributed by atoms with Crippen molar-refractivity contribution in [1.29, 1.82) is 0 Å². The summed E-state index contributed by atoms with van der Waals surface area (Å²) in [6, 6.07) is 13.9. The Balaban J connectivity index is 0.00000363. The number of nitrogens with one attached hydrogen (secondary N) is 1. The summed E-state index contributed by atoms with van der Waals surface area (Å²) in [4.78, 5) is 21.3. The molecule has 176 valence electrons. The molecule has 0 aliphatic carbocycles. The molecule has 0 bridgehead atoms. The van der Waals surface area contributed by atoms with Crippen LogP contribution in [0.1, 0.15) is 35.9 Å². The maximum atomic E-state index is 12.4. The SMILES string of the molecule is CCNC(=NCCCCOCCc1ccccc1)N1CCN(C(=O)c2ccco2)CC1.I. The molecular formula is C24H35IN4O3. The Labute approximate surface area is 208 Å². The molecule has 1 saturated heterocycles. The van der Waals surface area contributed by atoms with Crippen LogP contribution in [0.2, 0.25) is 0 Å². The number of rotatable bonds is 10. The zero-order chi connectivity index (χ0) is 21.7. The second-order valence-electron chi connectivity index (χ2n) is 7.55. The number of amides is 1. The predicted molar refractivity (Wildman–Crippen MR) is 138 cm³/mol. The quantitative estimate of drug-likeness (QED) is 0.210. The van der Waals surface area contributed by atoms with Gasteiger partial charge in [-0.1, -0.05) is 30.3 Å². The van der Waals surface area contributed by atoms with E-state index in [4.69, 9.17) is 14.1 Å². The van der Waals surface area contributed by atoms with Gasteiger partial charge in [-0.15, -0.1) is 24.0 Å². The van der Waals surface area contributed by atoms with Crippen molar-refractivity contribution >= 4 is 35.8 Å². The van der Waals surface area contributed by atoms with Gasteiger partial charge >= 0.3 is 0 Å². The van der Waals surface area contributed by atoms with Gasteiger partial charge in [0.2, 0.25) is 0 Å². The summed E-state index contributed by atoms with van der Waals surface area (Å²) in [6.45, 7) is 8.07. The Morgan fingerprint density at radius 1 is 1.03 bits per heavy atom. The molecular weight excluding hydrogens is 519 g/mol. The molecule has 1 amide bonds. The molecule has 2 aromatic rings. The summed E-state index contributed by atoms with van der Waals surface area (Å²) >= 11 is 0. The fourth-order valence-corrected chi connectivity index (χ4v) is 3.54. The van der Waals surface area contributed by atoms with Crippen LogP contribution in [0.5, 0.6) is 0 Å². The van der Waals surface area contributed by atoms with E-state index in [1.807, 2.05) is 11.0 Å². The van der Waals surface area contributed by atoms with E-state index in [0.29, 0.717) is 18.8 Å². The van der Waals surface area contributed by atoms with E-state index in [0.717, 1.165) is 64.6 Å². The van der Waals surface area contributed by atoms with Crippen molar-refractivity contribution in [3.8, 4) is 0 Å². The standard InChI is InChI=1S/C24H34N4O3.HI/c1-2-25-24(26-13-6-7-18-30-20-12-21-9-4-3-5-10-21)28-16-14-27(15-17-28)23(29)22-11-8-19-31-22;/h3-5,8-11,19H,2,6-7,12-18,20H2,1H3,(H,25,26);1H. The van der Waals surface area contributed by atoms with E-state index in [9.17, 15) is 4.79 Å². The lowest BCUT2D eigenvalue weighted by molar-refractivity contribution is 0.0657. The molecule has 8 heteroatoms. The van der Waals surface area contributed by atoms with Crippen molar-refractivity contribution < 1.29 is 13.9 Å². The van der Waals surface area contributed by atoms with Gasteiger partial charge < -0.3 is 24.3 Å². The zero-order valence-electron chi connectivity index (χ0n) is 18.9. The second kappa shape index (κ2) is 14.9. The summed E-state index contributed by atoms with van der Waals surface area (Å²) in [5.74, 6) is 1.29. The Hall–Kier alpha value is -2.07. The maximum Gasteiger partial charge on any atom is 0.289 e. The van der Waals surface area contributed by atoms with Gasteiger partial charge in [-0.05, 0) is 43.9 Å². The van der Waals surface area contributed by atoms with E-state index < -0.39 is 0 Å². The first kappa shape index (κ1) is 26.2. The minimum atomic E-state index is -0.0427. The van der Waals surface area contributed by atoms with Crippen molar-refractivity contribution in [2.24, 2.45) is 4.99 Å². The highest BCUT2D eigenvalue weighted by molar-refractivity contribution is 14.0. The Morgan fingerprint density at radius 3 is 2.47 bits per heavy atom. The van der Waals surface area contributed by atoms with Gasteiger partial charge in [0.1, 0.15) is 0 Å². The average Bonchev–Trinajstić information content (AvgIpc) is 3.35. The summed E-state index contributed by atoms with van der Waals surface area (Å²) in [7, 11) is 0. The Morgan fingerprint density at radius 2 is 1.78 bits per heavy atom. The second-order valence-corrected chi connectivity index (χ2v) is 7.55. The Kier molecular flexibility index (Phi) is 12.2. The monoisotopic (exact) mass is 554 g/mol. The molecule has 1 fully saturated rings. The predicted octanol–water partition coefficient (Wildman–Crippen LogP) is 3.66. The summed E-state index contributed by atoms with van der Waals surface area (Å²) in [6.07, 6.45) is 4.49. The van der Waals surface area contributed by atoms with Gasteiger partial charge in [0.25, 0.3) is 5.91 Å². The third kappa shape index (κ3) is 8.46. The van der Waals surface area contributed by atoms with E-state index in [1.165, 1.54) is 11.8 Å². The van der Waals surface area contributed by atoms with E-state index in [-0.39, 0.29) is 29.9 Å². The van der Waals surface area contributed by atoms with Crippen LogP contribution in [-0.2, 0) is 11.2 Å². The first-order chi connectivity index (χ1) is 15.3. The van der Waals surface area contributed by atoms with Crippen molar-refractivity contribution in [3.05, 3.63) is 60.1 Å². The molecule has 0 saturated carbocycles. The lowest BCUT2D eigenvalue weighted by Gasteiger charge is -2.36. The first-order valence-corrected chi connectivity index (χ1v) is 11.3. The number of ether oxygens (including phenoxy) is 1. The van der Waals surface area contributed by atoms with Gasteiger partial charge in [-0.3, -0.25) is 9.79 Å². The zero-order valence-corrected chi connectivity index (χ0v) is 21.2. The molecule has 2 heterocycles. The minimum absolute atomic E-state index is 0. The van der Waals surface area contributed by atoms with Crippen LogP contribution >= 0.6 is 24.0 Å². The molecule has 0 radical (unpaired) electrons. The van der Waals surface area contributed by atoms with E-state index in [1.54, 1.807) is 12.1 Å². The third-order valence-corrected chi connectivity index (χ3v) is 5.27. The molecule has 1 aliphatic heterocycles. The molecule has 1 aromatic carbocycles. The van der Waals surface area contributed by atoms with Gasteiger partial charge in [-0.25, -0.2) is 0 Å². The molecule has 0 unspecified atom stereocenters. The molecule has 1 aliphatic rings. The number of aliphatic imine (C=N–C) groups is 1. The molecule has 0 atom stereocenters. The fourth-order valence-electron chi connectivity index (χ4n) is 3.54. The highest BCUT2D eigenvalue weighted by Crippen LogP contribution is 2.10. The van der Waals surface area contributed by atoms with Crippen LogP contribution in [0, 0.1) is 0 Å². The number of piperazine rings is 1. The summed E-state index contributed by atoms with van der Waals surface area (Å²) in [5.41, 5.74) is 1.31. The van der Waals surface area contributed by atoms with Crippen LogP contribution in [0.4, 0.5) is 0 Å². The Bertz CT molecular complexity index is 791. The number of carbonyl (C=O) groups is 1. The largest absolute Gasteiger partial charge is 0.459 e. The highest BCUT2D eigenvalue weighted by atomic mass is 127. The normalized spacial score (nSPS) is 14.2. The number of halogens is 1. The number of unbranched alkanes of at least 4 members (excludes halogenated alkanes) is 1. The number of carbonyl (C=O) groups excluding carboxylic acids is 1. The number of nitrogens with zero attached hydrogens (tertiary/aromatic N) is 3. The van der Waals surface area contributed by atoms with Crippen molar-refractivity contribution in [2.75, 3.05) is 52.5 Å². The van der Waals surface area contributed by atoms with Crippen LogP contribution in [0.15, 0.2) is 58.1 Å². The smallest absolute Gasteiger partial charge is 0.289 e. The van der Waals surface area contributed by atoms with Gasteiger partial charge in [0, 0.05) is 45.9 Å². The van der Waals surface area contributed by atoms with Crippen LogP contribution < -0.4 is 5.32 Å². The van der Waals surface area contributed by atoms with Crippen molar-refractivity contribution in [1.82, 2.24) is 15.1 Å². The van der Waals surface area contributed by atoms with Gasteiger partial charge in [0.05, 0.1) is 12.9 Å². The van der Waals surface area contributed by atoms with Gasteiger partial charge in [-0.2, -0.15) is 0 Å². The van der Waals surface area contributed by atoms with Gasteiger partial charge in [0.15, 0.2) is 11.7 Å². The van der Waals surface area contributed by atoms with Crippen LogP contribution in [0.3, 0.4) is 0 Å². The topological polar surface area (TPSA) is 70.3 Å². The van der Waals surface area contributed by atoms with Crippen LogP contribution in [-0.4, -0.2) is 74.1 Å². The van der Waals surface area contributed by atoms with Crippen molar-refractivity contribution in [2.45, 2.75) is 26.2 Å². The molecule has 7 nitrogen and oxygen atoms in total. The summed E-state index contributed by atoms with van der Waals surface area (Å²) in [5, 5.41) is 3.38.